The van der Waals surface area contributed by atoms with Crippen molar-refractivity contribution in [2.75, 3.05) is 120 Å². The molecule has 3 saturated carbocycles. The third-order valence-corrected chi connectivity index (χ3v) is 23.5. The summed E-state index contributed by atoms with van der Waals surface area (Å²) in [5.74, 6) is -3.61. The zero-order valence-electron chi connectivity index (χ0n) is 71.1. The van der Waals surface area contributed by atoms with E-state index in [1.165, 1.54) is 6.92 Å². The largest absolute Gasteiger partial charge is 0.444 e. The molecule has 1 aliphatic heterocycles. The number of fused-ring (bicyclic) bond motifs is 5. The van der Waals surface area contributed by atoms with Crippen LogP contribution in [0.25, 0.3) is 0 Å². The van der Waals surface area contributed by atoms with Crippen molar-refractivity contribution in [3.63, 3.8) is 0 Å². The molecule has 1 saturated heterocycles. The Morgan fingerprint density at radius 3 is 1.70 bits per heavy atom. The molecule has 0 spiro atoms. The molecule has 4 fully saturated rings. The molecule has 117 heavy (non-hydrogen) atoms. The number of aliphatic hydroxyl groups is 14. The van der Waals surface area contributed by atoms with Gasteiger partial charge in [-0.2, -0.15) is 0 Å². The first-order chi connectivity index (χ1) is 55.6. The lowest BCUT2D eigenvalue weighted by Crippen LogP contribution is -2.83. The molecule has 678 valence electrons. The van der Waals surface area contributed by atoms with Gasteiger partial charge in [-0.3, -0.25) is 26.6 Å². The number of ether oxygens (including phenoxy) is 13. The molecule has 34 nitrogen and oxygen atoms in total. The summed E-state index contributed by atoms with van der Waals surface area (Å²) >= 11 is 0. The van der Waals surface area contributed by atoms with E-state index < -0.39 is 188 Å². The molecule has 0 radical (unpaired) electrons. The fourth-order valence-corrected chi connectivity index (χ4v) is 16.9. The molecule has 1 amide bonds. The van der Waals surface area contributed by atoms with Crippen LogP contribution in [0.4, 0.5) is 4.79 Å². The van der Waals surface area contributed by atoms with E-state index in [0.29, 0.717) is 149 Å². The zero-order chi connectivity index (χ0) is 86.1. The summed E-state index contributed by atoms with van der Waals surface area (Å²) < 4.78 is 75.7. The van der Waals surface area contributed by atoms with E-state index in [1.807, 2.05) is 6.92 Å². The van der Waals surface area contributed by atoms with E-state index in [2.05, 4.69) is 31.9 Å². The van der Waals surface area contributed by atoms with Crippen molar-refractivity contribution in [2.45, 2.75) is 293 Å². The first-order valence-corrected chi connectivity index (χ1v) is 42.1. The highest BCUT2D eigenvalue weighted by Crippen LogP contribution is 2.66. The van der Waals surface area contributed by atoms with Gasteiger partial charge in [0.1, 0.15) is 48.4 Å². The van der Waals surface area contributed by atoms with Crippen molar-refractivity contribution in [3.8, 4) is 0 Å². The third kappa shape index (κ3) is 31.0. The van der Waals surface area contributed by atoms with Crippen LogP contribution in [0.2, 0.25) is 0 Å². The second-order valence-corrected chi connectivity index (χ2v) is 33.8. The van der Waals surface area contributed by atoms with Crippen molar-refractivity contribution in [1.29, 1.82) is 0 Å². The molecule has 0 aromatic heterocycles. The number of aliphatic hydroxyl groups excluding tert-OH is 13. The number of amides is 1. The van der Waals surface area contributed by atoms with Gasteiger partial charge in [0.2, 0.25) is 0 Å². The van der Waals surface area contributed by atoms with Crippen LogP contribution in [-0.4, -0.2) is 325 Å². The second kappa shape index (κ2) is 51.0. The number of benzene rings is 2. The summed E-state index contributed by atoms with van der Waals surface area (Å²) in [6.07, 6.45) is -18.8. The molecule has 2 aromatic carbocycles. The van der Waals surface area contributed by atoms with Gasteiger partial charge in [-0.05, 0) is 110 Å². The van der Waals surface area contributed by atoms with E-state index in [-0.39, 0.29) is 44.1 Å². The maximum absolute atomic E-state index is 14.1. The molecule has 6 rings (SSSR count). The number of alkyl carbamates (subject to hydrolysis) is 1. The number of carbonyl (C=O) groups excluding carboxylic acids is 1. The molecular weight excluding hydrogens is 1530 g/mol. The van der Waals surface area contributed by atoms with Gasteiger partial charge in [-0.25, -0.2) is 4.79 Å². The molecule has 4 unspecified atom stereocenters. The summed E-state index contributed by atoms with van der Waals surface area (Å²) in [6.45, 7) is 20.9. The number of nitrogens with one attached hydrogen (secondary N) is 6. The standard InChI is InChI=1S/C83H148N6O28/c1-52(74(99)88-58(54(3)90)30-20-24-36-86-75(100)59(87-64(94)33-38-108-44-46-110-42-40-106-12)31-21-23-34-84-63(93)32-37-107-43-45-109-41-39-105-11)25-19-22-35-85-65(95)49-111-50-66(96)114-70(68(56-26-15-13-16-27-56)89-78(103)117-79(5,6)7)77(102)113-60-48-83(104)73(115-76(101)57-28-17-14-18-29-57)71-81(10,72(98)69(97)67(53(60)2)80(83,8)9)61(92)47-62-82(71,51-112-62)116-55(4)91/h13-18,26-29,52-55,58-77,84-88,90-102,104H,19-25,30-51H2,1-12H3,(H,89,103)/t52?,53?,54-,55-,58?,59?,60-,61-,62+,63+,64+,65-,66-,67-,68-,69+,70+,71-,72+,73-,74+,75-,76+,77-,81+,82-,83+/m1/s1. The molecular formula is C83H148N6O28. The van der Waals surface area contributed by atoms with Crippen LogP contribution < -0.4 is 31.9 Å². The van der Waals surface area contributed by atoms with Crippen LogP contribution >= 0.6 is 0 Å². The predicted octanol–water partition coefficient (Wildman–Crippen LogP) is 1.73. The number of unbranched alkanes of at least 4 members (excludes halogenated alkanes) is 3. The highest BCUT2D eigenvalue weighted by atomic mass is 16.7. The molecule has 2 aromatic rings. The lowest BCUT2D eigenvalue weighted by Gasteiger charge is -2.71. The number of methoxy groups -OCH3 is 2. The minimum atomic E-state index is -2.26. The van der Waals surface area contributed by atoms with E-state index in [0.717, 1.165) is 0 Å². The van der Waals surface area contributed by atoms with E-state index in [1.54, 1.807) is 130 Å². The Hall–Kier alpha value is -3.53. The summed E-state index contributed by atoms with van der Waals surface area (Å²) in [4.78, 5) is 13.9. The fourth-order valence-electron chi connectivity index (χ4n) is 16.9. The first-order valence-electron chi connectivity index (χ1n) is 42.1. The van der Waals surface area contributed by atoms with Gasteiger partial charge in [0.25, 0.3) is 0 Å². The van der Waals surface area contributed by atoms with Crippen LogP contribution in [0.1, 0.15) is 176 Å². The molecule has 27 atom stereocenters. The van der Waals surface area contributed by atoms with Crippen LogP contribution in [0.5, 0.6) is 0 Å². The lowest BCUT2D eigenvalue weighted by atomic mass is 9.42. The van der Waals surface area contributed by atoms with Gasteiger partial charge in [0.05, 0.1) is 140 Å². The van der Waals surface area contributed by atoms with Gasteiger partial charge in [-0.1, -0.05) is 115 Å². The summed E-state index contributed by atoms with van der Waals surface area (Å²) in [6, 6.07) is 14.4. The number of hydrogen-bond donors (Lipinski definition) is 20. The number of hydrogen-bond acceptors (Lipinski definition) is 33. The molecule has 2 bridgehead atoms. The van der Waals surface area contributed by atoms with Gasteiger partial charge in [0, 0.05) is 80.2 Å². The molecule has 3 aliphatic carbocycles. The maximum atomic E-state index is 14.1. The van der Waals surface area contributed by atoms with E-state index >= 15 is 0 Å². The highest BCUT2D eigenvalue weighted by Gasteiger charge is 2.78. The highest BCUT2D eigenvalue weighted by molar-refractivity contribution is 5.68. The summed E-state index contributed by atoms with van der Waals surface area (Å²) in [7, 11) is 3.21. The Kier molecular flexibility index (Phi) is 44.6. The van der Waals surface area contributed by atoms with Gasteiger partial charge < -0.3 is 138 Å². The molecule has 4 aliphatic rings. The topological polar surface area (TPSA) is 492 Å². The lowest BCUT2D eigenvalue weighted by molar-refractivity contribution is -0.417. The van der Waals surface area contributed by atoms with Crippen LogP contribution in [-0.2, 0) is 61.6 Å². The second-order valence-electron chi connectivity index (χ2n) is 33.8. The minimum Gasteiger partial charge on any atom is -0.444 e. The number of rotatable bonds is 60. The van der Waals surface area contributed by atoms with Crippen molar-refractivity contribution < 1.29 is 138 Å². The van der Waals surface area contributed by atoms with Crippen molar-refractivity contribution >= 4 is 6.09 Å². The van der Waals surface area contributed by atoms with Crippen molar-refractivity contribution in [1.82, 2.24) is 31.9 Å². The minimum absolute atomic E-state index is 0.0969. The van der Waals surface area contributed by atoms with Crippen LogP contribution in [0, 0.1) is 34.5 Å². The van der Waals surface area contributed by atoms with Crippen LogP contribution in [0.15, 0.2) is 60.7 Å². The quantitative estimate of drug-likeness (QED) is 0.0331. The average Bonchev–Trinajstić information content (AvgIpc) is 0.669. The zero-order valence-corrected chi connectivity index (χ0v) is 71.1. The maximum Gasteiger partial charge on any atom is 0.408 e. The van der Waals surface area contributed by atoms with Gasteiger partial charge in [0.15, 0.2) is 25.2 Å². The average molecular weight is 1680 g/mol. The van der Waals surface area contributed by atoms with Gasteiger partial charge >= 0.3 is 6.09 Å². The Labute approximate surface area is 691 Å². The van der Waals surface area contributed by atoms with E-state index in [4.69, 9.17) is 61.6 Å². The third-order valence-electron chi connectivity index (χ3n) is 23.5. The van der Waals surface area contributed by atoms with Crippen molar-refractivity contribution in [3.05, 3.63) is 71.8 Å². The summed E-state index contributed by atoms with van der Waals surface area (Å²) in [5.41, 5.74) is -7.50. The molecule has 20 N–H and O–H groups in total. The molecule has 34 heteroatoms. The summed E-state index contributed by atoms with van der Waals surface area (Å²) in [5, 5.41) is 184. The van der Waals surface area contributed by atoms with E-state index in [9.17, 15) is 76.3 Å². The van der Waals surface area contributed by atoms with Gasteiger partial charge in [-0.15, -0.1) is 0 Å². The Morgan fingerprint density at radius 1 is 0.607 bits per heavy atom. The van der Waals surface area contributed by atoms with Crippen molar-refractivity contribution in [2.24, 2.45) is 34.5 Å². The molecule has 1 heterocycles. The monoisotopic (exact) mass is 1680 g/mol. The normalized spacial score (nSPS) is 28.5. The Bertz CT molecular complexity index is 2990. The number of carbonyl (C=O) groups is 1. The predicted molar refractivity (Wildman–Crippen MR) is 429 cm³/mol. The SMILES string of the molecule is COCCOCCOCC[C@H](O)NCCCCC(N[C@@H](O)CCOCCOCCOC)[C@@H](O)NCCCCC(N[C@@H](O)C(C)CCCCN[C@H](O)COC[C@H](O)O[C@H]([C@H](O)O[C@@H]1C[C@]2(O)[C@H](O[C@H](O)c3ccccc3)[C@H]3[C@@]4(O[C@H](C)O)CO[C@H]4C[C@@H](O)[C@]3(C)[C@@H](O)[C@@H](O)[C@@H](C1C)C2(C)C)[C@H](NC(=O)OC(C)(C)C)c1ccccc1)[C@@H](C)O. The smallest absolute Gasteiger partial charge is 0.408 e. The Morgan fingerprint density at radius 2 is 1.15 bits per heavy atom. The Balaban J connectivity index is 1.03. The van der Waals surface area contributed by atoms with Crippen LogP contribution in [0.3, 0.4) is 0 Å². The fraction of sp³-hybridized carbons (Fsp3) is 0.843. The first kappa shape index (κ1) is 102.